The summed E-state index contributed by atoms with van der Waals surface area (Å²) in [5.41, 5.74) is 3.39. The highest BCUT2D eigenvalue weighted by molar-refractivity contribution is 14.1. The Morgan fingerprint density at radius 2 is 2.11 bits per heavy atom. The fourth-order valence-corrected chi connectivity index (χ4v) is 2.27. The molecular weight excluding hydrogens is 373 g/mol. The Morgan fingerprint density at radius 1 is 1.32 bits per heavy atom. The van der Waals surface area contributed by atoms with Gasteiger partial charge in [-0.15, -0.1) is 11.3 Å². The summed E-state index contributed by atoms with van der Waals surface area (Å²) in [7, 11) is 0. The molecule has 0 fully saturated rings. The average molecular weight is 385 g/mol. The maximum atomic E-state index is 11.5. The van der Waals surface area contributed by atoms with E-state index >= 15 is 0 Å². The van der Waals surface area contributed by atoms with E-state index in [0.29, 0.717) is 0 Å². The summed E-state index contributed by atoms with van der Waals surface area (Å²) in [5, 5.41) is 8.87. The second-order valence-corrected chi connectivity index (χ2v) is 5.89. The summed E-state index contributed by atoms with van der Waals surface area (Å²) >= 11 is 3.81. The van der Waals surface area contributed by atoms with E-state index in [-0.39, 0.29) is 12.5 Å². The van der Waals surface area contributed by atoms with Crippen molar-refractivity contribution < 1.29 is 4.79 Å². The molecule has 6 heteroatoms. The van der Waals surface area contributed by atoms with Crippen molar-refractivity contribution in [2.24, 2.45) is 5.10 Å². The average Bonchev–Trinajstić information content (AvgIpc) is 2.91. The molecule has 2 rings (SSSR count). The first-order valence-electron chi connectivity index (χ1n) is 5.59. The molecule has 1 aromatic heterocycles. The van der Waals surface area contributed by atoms with Crippen LogP contribution in [0, 0.1) is 3.57 Å². The summed E-state index contributed by atoms with van der Waals surface area (Å²) in [6.07, 6.45) is 1.63. The molecule has 2 N–H and O–H groups in total. The third kappa shape index (κ3) is 4.99. The second-order valence-electron chi connectivity index (χ2n) is 3.67. The summed E-state index contributed by atoms with van der Waals surface area (Å²) in [4.78, 5) is 12.5. The van der Waals surface area contributed by atoms with Crippen molar-refractivity contribution in [1.82, 2.24) is 5.43 Å². The predicted molar refractivity (Wildman–Crippen MR) is 87.7 cm³/mol. The fourth-order valence-electron chi connectivity index (χ4n) is 1.32. The lowest BCUT2D eigenvalue weighted by atomic mass is 10.3. The first kappa shape index (κ1) is 14.0. The minimum absolute atomic E-state index is 0.175. The molecule has 0 spiro atoms. The van der Waals surface area contributed by atoms with Crippen LogP contribution in [-0.2, 0) is 4.79 Å². The lowest BCUT2D eigenvalue weighted by molar-refractivity contribution is -0.119. The number of carbonyl (C=O) groups is 1. The molecule has 0 saturated heterocycles. The maximum absolute atomic E-state index is 11.5. The number of benzene rings is 1. The lowest BCUT2D eigenvalue weighted by Gasteiger charge is -2.04. The van der Waals surface area contributed by atoms with Crippen LogP contribution in [0.15, 0.2) is 46.9 Å². The van der Waals surface area contributed by atoms with Crippen molar-refractivity contribution in [2.45, 2.75) is 0 Å². The molecule has 0 radical (unpaired) electrons. The molecule has 98 valence electrons. The molecule has 2 aromatic rings. The quantitative estimate of drug-likeness (QED) is 0.473. The number of nitrogens with zero attached hydrogens (tertiary/aromatic N) is 1. The van der Waals surface area contributed by atoms with Crippen LogP contribution in [0.5, 0.6) is 0 Å². The molecule has 0 aliphatic carbocycles. The minimum Gasteiger partial charge on any atom is -0.376 e. The van der Waals surface area contributed by atoms with Crippen molar-refractivity contribution >= 4 is 51.7 Å². The van der Waals surface area contributed by atoms with Gasteiger partial charge in [0.15, 0.2) is 0 Å². The van der Waals surface area contributed by atoms with Gasteiger partial charge in [0.1, 0.15) is 0 Å². The van der Waals surface area contributed by atoms with E-state index in [0.717, 1.165) is 14.1 Å². The molecule has 1 amide bonds. The smallest absolute Gasteiger partial charge is 0.259 e. The normalized spacial score (nSPS) is 10.6. The first-order valence-corrected chi connectivity index (χ1v) is 7.55. The van der Waals surface area contributed by atoms with Gasteiger partial charge in [-0.2, -0.15) is 5.10 Å². The van der Waals surface area contributed by atoms with Crippen LogP contribution in [0.1, 0.15) is 4.88 Å². The zero-order valence-corrected chi connectivity index (χ0v) is 12.9. The molecule has 19 heavy (non-hydrogen) atoms. The second kappa shape index (κ2) is 7.25. The van der Waals surface area contributed by atoms with Crippen LogP contribution in [0.4, 0.5) is 5.69 Å². The Hall–Kier alpha value is -1.41. The summed E-state index contributed by atoms with van der Waals surface area (Å²) < 4.78 is 1.16. The molecular formula is C13H12IN3OS. The number of hydrogen-bond donors (Lipinski definition) is 2. The van der Waals surface area contributed by atoms with Gasteiger partial charge in [-0.25, -0.2) is 5.43 Å². The van der Waals surface area contributed by atoms with E-state index in [4.69, 9.17) is 0 Å². The van der Waals surface area contributed by atoms with Crippen molar-refractivity contribution in [3.05, 3.63) is 50.2 Å². The molecule has 0 aliphatic rings. The van der Waals surface area contributed by atoms with Crippen LogP contribution in [0.2, 0.25) is 0 Å². The van der Waals surface area contributed by atoms with Gasteiger partial charge in [-0.05, 0) is 58.3 Å². The first-order chi connectivity index (χ1) is 9.24. The van der Waals surface area contributed by atoms with E-state index in [1.807, 2.05) is 41.8 Å². The van der Waals surface area contributed by atoms with Gasteiger partial charge < -0.3 is 5.32 Å². The topological polar surface area (TPSA) is 53.5 Å². The van der Waals surface area contributed by atoms with Gasteiger partial charge in [-0.1, -0.05) is 6.07 Å². The highest BCUT2D eigenvalue weighted by Gasteiger charge is 1.99. The number of nitrogens with one attached hydrogen (secondary N) is 2. The molecule has 0 atom stereocenters. The van der Waals surface area contributed by atoms with Crippen LogP contribution < -0.4 is 10.7 Å². The molecule has 1 heterocycles. The number of hydrazone groups is 1. The number of carbonyl (C=O) groups excluding carboxylic acids is 1. The van der Waals surface area contributed by atoms with Crippen LogP contribution in [0.25, 0.3) is 0 Å². The Labute approximate surface area is 129 Å². The summed E-state index contributed by atoms with van der Waals surface area (Å²) in [6.45, 7) is 0.197. The highest BCUT2D eigenvalue weighted by Crippen LogP contribution is 2.10. The Kier molecular flexibility index (Phi) is 5.34. The van der Waals surface area contributed by atoms with Gasteiger partial charge in [0, 0.05) is 14.1 Å². The van der Waals surface area contributed by atoms with Crippen molar-refractivity contribution in [3.63, 3.8) is 0 Å². The molecule has 0 unspecified atom stereocenters. The highest BCUT2D eigenvalue weighted by atomic mass is 127. The SMILES string of the molecule is O=C(CNc1ccc(I)cc1)N/N=C\c1cccs1. The number of anilines is 1. The molecule has 4 nitrogen and oxygen atoms in total. The van der Waals surface area contributed by atoms with Crippen molar-refractivity contribution in [3.8, 4) is 0 Å². The van der Waals surface area contributed by atoms with E-state index in [9.17, 15) is 4.79 Å². The minimum atomic E-state index is -0.175. The Bertz CT molecular complexity index is 552. The third-order valence-electron chi connectivity index (χ3n) is 2.22. The number of rotatable bonds is 5. The maximum Gasteiger partial charge on any atom is 0.259 e. The largest absolute Gasteiger partial charge is 0.376 e. The molecule has 1 aromatic carbocycles. The van der Waals surface area contributed by atoms with Gasteiger partial charge >= 0.3 is 0 Å². The molecule has 0 aliphatic heterocycles. The van der Waals surface area contributed by atoms with Crippen LogP contribution >= 0.6 is 33.9 Å². The van der Waals surface area contributed by atoms with Gasteiger partial charge in [0.2, 0.25) is 0 Å². The molecule has 0 bridgehead atoms. The standard InChI is InChI=1S/C13H12IN3OS/c14-10-3-5-11(6-4-10)15-9-13(18)17-16-8-12-2-1-7-19-12/h1-8,15H,9H2,(H,17,18)/b16-8-. The van der Waals surface area contributed by atoms with E-state index in [2.05, 4.69) is 38.4 Å². The Balaban J connectivity index is 1.74. The van der Waals surface area contributed by atoms with Crippen molar-refractivity contribution in [2.75, 3.05) is 11.9 Å². The molecule has 0 saturated carbocycles. The number of halogens is 1. The van der Waals surface area contributed by atoms with Crippen molar-refractivity contribution in [1.29, 1.82) is 0 Å². The number of amides is 1. The van der Waals surface area contributed by atoms with Gasteiger partial charge in [0.05, 0.1) is 12.8 Å². The number of thiophene rings is 1. The van der Waals surface area contributed by atoms with E-state index in [1.165, 1.54) is 0 Å². The van der Waals surface area contributed by atoms with Gasteiger partial charge in [-0.3, -0.25) is 4.79 Å². The lowest BCUT2D eigenvalue weighted by Crippen LogP contribution is -2.25. The summed E-state index contributed by atoms with van der Waals surface area (Å²) in [5.74, 6) is -0.175. The predicted octanol–water partition coefficient (Wildman–Crippen LogP) is 2.91. The Morgan fingerprint density at radius 3 is 2.79 bits per heavy atom. The van der Waals surface area contributed by atoms with Gasteiger partial charge in [0.25, 0.3) is 5.91 Å². The van der Waals surface area contributed by atoms with E-state index < -0.39 is 0 Å². The zero-order valence-electron chi connectivity index (χ0n) is 9.97. The van der Waals surface area contributed by atoms with Crippen LogP contribution in [-0.4, -0.2) is 18.7 Å². The van der Waals surface area contributed by atoms with E-state index in [1.54, 1.807) is 17.6 Å². The third-order valence-corrected chi connectivity index (χ3v) is 3.75. The zero-order chi connectivity index (χ0) is 13.5. The number of hydrogen-bond acceptors (Lipinski definition) is 4. The summed E-state index contributed by atoms with van der Waals surface area (Å²) in [6, 6.07) is 11.7. The monoisotopic (exact) mass is 385 g/mol. The van der Waals surface area contributed by atoms with Crippen LogP contribution in [0.3, 0.4) is 0 Å². The fraction of sp³-hybridized carbons (Fsp3) is 0.0769.